The van der Waals surface area contributed by atoms with Crippen LogP contribution in [0, 0.1) is 27.4 Å². The van der Waals surface area contributed by atoms with Gasteiger partial charge in [-0.2, -0.15) is 5.26 Å². The Morgan fingerprint density at radius 2 is 2.24 bits per heavy atom. The van der Waals surface area contributed by atoms with Crippen LogP contribution in [0.5, 0.6) is 0 Å². The maximum atomic E-state index is 10.7. The fraction of sp³-hybridized carbons (Fsp3) is 0.571. The van der Waals surface area contributed by atoms with Crippen molar-refractivity contribution in [2.75, 3.05) is 11.9 Å². The number of anilines is 1. The van der Waals surface area contributed by atoms with Crippen molar-refractivity contribution < 1.29 is 10.0 Å². The van der Waals surface area contributed by atoms with Gasteiger partial charge < -0.3 is 10.4 Å². The molecule has 21 heavy (non-hydrogen) atoms. The molecule has 0 aliphatic heterocycles. The third-order valence-corrected chi connectivity index (χ3v) is 3.98. The number of hydrogen-bond acceptors (Lipinski definition) is 6. The van der Waals surface area contributed by atoms with E-state index in [1.165, 1.54) is 12.1 Å². The Labute approximate surface area is 122 Å². The van der Waals surface area contributed by atoms with Gasteiger partial charge in [0.1, 0.15) is 11.9 Å². The van der Waals surface area contributed by atoms with Gasteiger partial charge in [0.05, 0.1) is 10.5 Å². The molecular formula is C14H18N4O3. The monoisotopic (exact) mass is 290 g/mol. The molecule has 0 unspecified atom stereocenters. The smallest absolute Gasteiger partial charge is 0.305 e. The van der Waals surface area contributed by atoms with Crippen molar-refractivity contribution >= 4 is 11.5 Å². The first-order valence-corrected chi connectivity index (χ1v) is 6.95. The first-order valence-electron chi connectivity index (χ1n) is 6.95. The maximum Gasteiger partial charge on any atom is 0.305 e. The van der Waals surface area contributed by atoms with Crippen LogP contribution in [0.15, 0.2) is 12.1 Å². The summed E-state index contributed by atoms with van der Waals surface area (Å²) in [4.78, 5) is 14.0. The van der Waals surface area contributed by atoms with Crippen molar-refractivity contribution in [2.45, 2.75) is 38.2 Å². The van der Waals surface area contributed by atoms with E-state index in [1.54, 1.807) is 6.07 Å². The van der Waals surface area contributed by atoms with Gasteiger partial charge in [0, 0.05) is 12.6 Å². The van der Waals surface area contributed by atoms with E-state index in [1.807, 2.05) is 0 Å². The van der Waals surface area contributed by atoms with Crippen molar-refractivity contribution in [3.8, 4) is 6.07 Å². The predicted molar refractivity (Wildman–Crippen MR) is 76.7 cm³/mol. The molecule has 1 heterocycles. The van der Waals surface area contributed by atoms with Gasteiger partial charge in [-0.15, -0.1) is 0 Å². The lowest BCUT2D eigenvalue weighted by molar-refractivity contribution is -0.385. The van der Waals surface area contributed by atoms with Crippen LogP contribution in [0.4, 0.5) is 11.5 Å². The summed E-state index contributed by atoms with van der Waals surface area (Å²) in [6, 6.07) is 4.42. The Hall–Kier alpha value is -2.20. The van der Waals surface area contributed by atoms with Gasteiger partial charge in [0.15, 0.2) is 0 Å². The van der Waals surface area contributed by atoms with E-state index in [0.717, 1.165) is 25.7 Å². The Kier molecular flexibility index (Phi) is 4.38. The molecule has 0 aromatic carbocycles. The van der Waals surface area contributed by atoms with E-state index in [4.69, 9.17) is 5.26 Å². The van der Waals surface area contributed by atoms with E-state index >= 15 is 0 Å². The number of aliphatic hydroxyl groups is 1. The highest BCUT2D eigenvalue weighted by Crippen LogP contribution is 2.32. The molecule has 1 saturated carbocycles. The van der Waals surface area contributed by atoms with E-state index in [-0.39, 0.29) is 11.4 Å². The Bertz CT molecular complexity index is 574. The average molecular weight is 290 g/mol. The van der Waals surface area contributed by atoms with Gasteiger partial charge in [-0.25, -0.2) is 4.98 Å². The molecule has 112 valence electrons. The Morgan fingerprint density at radius 1 is 1.57 bits per heavy atom. The van der Waals surface area contributed by atoms with Gasteiger partial charge in [-0.05, 0) is 37.7 Å². The number of nitrogens with one attached hydrogen (secondary N) is 1. The van der Waals surface area contributed by atoms with E-state index < -0.39 is 10.5 Å². The Morgan fingerprint density at radius 3 is 2.81 bits per heavy atom. The quantitative estimate of drug-likeness (QED) is 0.649. The second-order valence-corrected chi connectivity index (χ2v) is 5.69. The van der Waals surface area contributed by atoms with Crippen molar-refractivity contribution in [1.29, 1.82) is 5.26 Å². The number of nitriles is 1. The van der Waals surface area contributed by atoms with Gasteiger partial charge in [0.25, 0.3) is 0 Å². The lowest BCUT2D eigenvalue weighted by atomic mass is 9.79. The van der Waals surface area contributed by atoms with Crippen molar-refractivity contribution in [3.63, 3.8) is 0 Å². The van der Waals surface area contributed by atoms with Crippen LogP contribution in [-0.2, 0) is 0 Å². The second-order valence-electron chi connectivity index (χ2n) is 5.69. The normalized spacial score (nSPS) is 25.1. The lowest BCUT2D eigenvalue weighted by Gasteiger charge is -2.35. The summed E-state index contributed by atoms with van der Waals surface area (Å²) in [6.45, 7) is 2.50. The first-order chi connectivity index (χ1) is 9.93. The summed E-state index contributed by atoms with van der Waals surface area (Å²) in [6.07, 6.45) is 3.41. The number of nitrogens with zero attached hydrogens (tertiary/aromatic N) is 3. The molecule has 1 aromatic rings. The highest BCUT2D eigenvalue weighted by Gasteiger charge is 2.31. The molecular weight excluding hydrogens is 272 g/mol. The van der Waals surface area contributed by atoms with Crippen molar-refractivity contribution in [2.24, 2.45) is 5.92 Å². The average Bonchev–Trinajstić information content (AvgIpc) is 2.48. The number of pyridine rings is 1. The molecule has 1 aromatic heterocycles. The highest BCUT2D eigenvalue weighted by molar-refractivity contribution is 5.50. The summed E-state index contributed by atoms with van der Waals surface area (Å²) in [5.41, 5.74) is -1.31. The summed E-state index contributed by atoms with van der Waals surface area (Å²) >= 11 is 0. The van der Waals surface area contributed by atoms with Gasteiger partial charge in [0.2, 0.25) is 5.69 Å². The molecule has 2 rings (SSSR count). The fourth-order valence-electron chi connectivity index (χ4n) is 2.51. The van der Waals surface area contributed by atoms with E-state index in [9.17, 15) is 15.2 Å². The Balaban J connectivity index is 2.04. The van der Waals surface area contributed by atoms with Crippen LogP contribution in [0.1, 0.15) is 38.3 Å². The minimum Gasteiger partial charge on any atom is -0.388 e. The van der Waals surface area contributed by atoms with E-state index in [2.05, 4.69) is 17.2 Å². The van der Waals surface area contributed by atoms with Crippen LogP contribution in [-0.4, -0.2) is 27.2 Å². The molecule has 7 nitrogen and oxygen atoms in total. The molecule has 0 radical (unpaired) electrons. The summed E-state index contributed by atoms with van der Waals surface area (Å²) in [7, 11) is 0. The number of nitro groups is 1. The standard InChI is InChI=1S/C14H18N4O3/c1-10-4-6-14(19,7-5-10)9-16-13-3-2-12(18(20)21)11(8-15)17-13/h2-3,10,19H,4-7,9H2,1H3,(H,16,17). The SMILES string of the molecule is CC1CCC(O)(CNc2ccc([N+](=O)[O-])c(C#N)n2)CC1. The topological polar surface area (TPSA) is 112 Å². The molecule has 2 N–H and O–H groups in total. The predicted octanol–water partition coefficient (Wildman–Crippen LogP) is 2.21. The zero-order valence-electron chi connectivity index (χ0n) is 11.9. The molecule has 1 aliphatic carbocycles. The number of rotatable bonds is 4. The third-order valence-electron chi connectivity index (χ3n) is 3.98. The molecule has 0 amide bonds. The molecule has 0 bridgehead atoms. The molecule has 0 spiro atoms. The van der Waals surface area contributed by atoms with E-state index in [0.29, 0.717) is 18.3 Å². The van der Waals surface area contributed by atoms with Gasteiger partial charge in [-0.3, -0.25) is 10.1 Å². The molecule has 0 atom stereocenters. The fourth-order valence-corrected chi connectivity index (χ4v) is 2.51. The largest absolute Gasteiger partial charge is 0.388 e. The summed E-state index contributed by atoms with van der Waals surface area (Å²) < 4.78 is 0. The maximum absolute atomic E-state index is 10.7. The lowest BCUT2D eigenvalue weighted by Crippen LogP contribution is -2.40. The van der Waals surface area contributed by atoms with Gasteiger partial charge in [-0.1, -0.05) is 6.92 Å². The van der Waals surface area contributed by atoms with Crippen molar-refractivity contribution in [3.05, 3.63) is 27.9 Å². The van der Waals surface area contributed by atoms with Crippen LogP contribution < -0.4 is 5.32 Å². The second kappa shape index (κ2) is 6.06. The minimum absolute atomic E-state index is 0.228. The molecule has 1 fully saturated rings. The van der Waals surface area contributed by atoms with Crippen LogP contribution in [0.3, 0.4) is 0 Å². The summed E-state index contributed by atoms with van der Waals surface area (Å²) in [5, 5.41) is 33.1. The zero-order chi connectivity index (χ0) is 15.5. The number of hydrogen-bond donors (Lipinski definition) is 2. The van der Waals surface area contributed by atoms with Crippen LogP contribution in [0.25, 0.3) is 0 Å². The third kappa shape index (κ3) is 3.67. The first kappa shape index (κ1) is 15.2. The highest BCUT2D eigenvalue weighted by atomic mass is 16.6. The molecule has 1 aliphatic rings. The van der Waals surface area contributed by atoms with Crippen LogP contribution >= 0.6 is 0 Å². The number of aromatic nitrogens is 1. The molecule has 0 saturated heterocycles. The van der Waals surface area contributed by atoms with Gasteiger partial charge >= 0.3 is 5.69 Å². The van der Waals surface area contributed by atoms with Crippen molar-refractivity contribution in [1.82, 2.24) is 4.98 Å². The van der Waals surface area contributed by atoms with Crippen LogP contribution in [0.2, 0.25) is 0 Å². The zero-order valence-corrected chi connectivity index (χ0v) is 11.9. The minimum atomic E-state index is -0.775. The summed E-state index contributed by atoms with van der Waals surface area (Å²) in [5.74, 6) is 0.997. The molecule has 7 heteroatoms.